The predicted octanol–water partition coefficient (Wildman–Crippen LogP) is 2.64. The first-order valence-corrected chi connectivity index (χ1v) is 5.19. The molecule has 2 aromatic rings. The van der Waals surface area contributed by atoms with E-state index in [-0.39, 0.29) is 16.4 Å². The van der Waals surface area contributed by atoms with E-state index in [1.807, 2.05) is 0 Å². The Hall–Kier alpha value is -2.09. The monoisotopic (exact) mass is 291 g/mol. The number of carboxylic acid groups (broad SMARTS) is 1. The molecule has 0 spiro atoms. The van der Waals surface area contributed by atoms with Gasteiger partial charge in [0.25, 0.3) is 0 Å². The highest BCUT2D eigenvalue weighted by molar-refractivity contribution is 6.30. The van der Waals surface area contributed by atoms with Crippen molar-refractivity contribution < 1.29 is 23.1 Å². The Morgan fingerprint density at radius 2 is 2.00 bits per heavy atom. The first-order chi connectivity index (χ1) is 8.79. The van der Waals surface area contributed by atoms with Crippen LogP contribution in [0.2, 0.25) is 5.02 Å². The lowest BCUT2D eigenvalue weighted by atomic mass is 10.2. The molecule has 0 amide bonds. The van der Waals surface area contributed by atoms with Crippen LogP contribution in [-0.4, -0.2) is 26.1 Å². The van der Waals surface area contributed by atoms with Crippen molar-refractivity contribution in [2.24, 2.45) is 0 Å². The van der Waals surface area contributed by atoms with E-state index in [1.165, 1.54) is 0 Å². The van der Waals surface area contributed by atoms with Crippen LogP contribution in [0, 0.1) is 0 Å². The Labute approximate surface area is 109 Å². The number of aromatic nitrogens is 3. The minimum absolute atomic E-state index is 0.130. The second-order valence-electron chi connectivity index (χ2n) is 3.53. The molecule has 2 rings (SSSR count). The van der Waals surface area contributed by atoms with Gasteiger partial charge in [-0.3, -0.25) is 0 Å². The summed E-state index contributed by atoms with van der Waals surface area (Å²) in [5.41, 5.74) is -1.49. The molecule has 0 fully saturated rings. The Kier molecular flexibility index (Phi) is 3.19. The van der Waals surface area contributed by atoms with Crippen LogP contribution in [0.15, 0.2) is 24.4 Å². The summed E-state index contributed by atoms with van der Waals surface area (Å²) in [6.45, 7) is 0. The zero-order valence-corrected chi connectivity index (χ0v) is 9.77. The van der Waals surface area contributed by atoms with Crippen LogP contribution in [0.4, 0.5) is 13.2 Å². The number of carbonyl (C=O) groups is 1. The Morgan fingerprint density at radius 3 is 2.58 bits per heavy atom. The Bertz CT molecular complexity index is 639. The molecule has 0 unspecified atom stereocenters. The molecule has 0 saturated heterocycles. The van der Waals surface area contributed by atoms with Crippen LogP contribution in [0.1, 0.15) is 16.1 Å². The highest BCUT2D eigenvalue weighted by Crippen LogP contribution is 2.32. The fourth-order valence-corrected chi connectivity index (χ4v) is 1.66. The van der Waals surface area contributed by atoms with Gasteiger partial charge in [-0.05, 0) is 18.2 Å². The number of carboxylic acids is 1. The van der Waals surface area contributed by atoms with Crippen molar-refractivity contribution in [2.45, 2.75) is 6.18 Å². The molecule has 9 heteroatoms. The van der Waals surface area contributed by atoms with E-state index in [0.717, 1.165) is 29.1 Å². The van der Waals surface area contributed by atoms with Gasteiger partial charge in [0, 0.05) is 5.02 Å². The summed E-state index contributed by atoms with van der Waals surface area (Å²) in [6, 6.07) is 2.65. The SMILES string of the molecule is O=C(O)c1cnnn1-c1cc(Cl)cc(C(F)(F)F)c1. The fourth-order valence-electron chi connectivity index (χ4n) is 1.43. The molecule has 1 N–H and O–H groups in total. The lowest BCUT2D eigenvalue weighted by Gasteiger charge is -2.10. The van der Waals surface area contributed by atoms with Gasteiger partial charge < -0.3 is 5.11 Å². The first-order valence-electron chi connectivity index (χ1n) is 4.81. The molecule has 0 radical (unpaired) electrons. The van der Waals surface area contributed by atoms with Crippen molar-refractivity contribution >= 4 is 17.6 Å². The molecular formula is C10H5ClF3N3O2. The molecule has 19 heavy (non-hydrogen) atoms. The molecular weight excluding hydrogens is 287 g/mol. The van der Waals surface area contributed by atoms with Crippen LogP contribution in [0.25, 0.3) is 5.69 Å². The normalized spacial score (nSPS) is 11.6. The molecule has 0 aliphatic heterocycles. The number of aromatic carboxylic acids is 1. The first kappa shape index (κ1) is 13.3. The summed E-state index contributed by atoms with van der Waals surface area (Å²) < 4.78 is 38.7. The van der Waals surface area contributed by atoms with Crippen LogP contribution in [0.3, 0.4) is 0 Å². The summed E-state index contributed by atoms with van der Waals surface area (Å²) in [5.74, 6) is -1.36. The molecule has 5 nitrogen and oxygen atoms in total. The van der Waals surface area contributed by atoms with Crippen molar-refractivity contribution in [3.05, 3.63) is 40.7 Å². The second kappa shape index (κ2) is 4.54. The summed E-state index contributed by atoms with van der Waals surface area (Å²) in [5, 5.41) is 15.5. The van der Waals surface area contributed by atoms with E-state index in [2.05, 4.69) is 10.3 Å². The lowest BCUT2D eigenvalue weighted by Crippen LogP contribution is -2.10. The molecule has 1 aromatic heterocycles. The number of halogens is 4. The standard InChI is InChI=1S/C10H5ClF3N3O2/c11-6-1-5(10(12,13)14)2-7(3-6)17-8(9(18)19)4-15-16-17/h1-4H,(H,18,19). The van der Waals surface area contributed by atoms with E-state index in [4.69, 9.17) is 16.7 Å². The highest BCUT2D eigenvalue weighted by Gasteiger charge is 2.31. The average Bonchev–Trinajstić information content (AvgIpc) is 2.75. The number of hydrogen-bond acceptors (Lipinski definition) is 3. The quantitative estimate of drug-likeness (QED) is 0.923. The van der Waals surface area contributed by atoms with Gasteiger partial charge in [-0.2, -0.15) is 13.2 Å². The van der Waals surface area contributed by atoms with Crippen molar-refractivity contribution in [1.82, 2.24) is 15.0 Å². The number of hydrogen-bond donors (Lipinski definition) is 1. The zero-order chi connectivity index (χ0) is 14.2. The van der Waals surface area contributed by atoms with E-state index in [1.54, 1.807) is 0 Å². The Balaban J connectivity index is 2.60. The van der Waals surface area contributed by atoms with Gasteiger partial charge >= 0.3 is 12.1 Å². The molecule has 1 aromatic carbocycles. The molecule has 1 heterocycles. The van der Waals surface area contributed by atoms with E-state index >= 15 is 0 Å². The van der Waals surface area contributed by atoms with Crippen molar-refractivity contribution in [3.63, 3.8) is 0 Å². The second-order valence-corrected chi connectivity index (χ2v) is 3.97. The highest BCUT2D eigenvalue weighted by atomic mass is 35.5. The summed E-state index contributed by atoms with van der Waals surface area (Å²) in [4.78, 5) is 10.9. The number of alkyl halides is 3. The summed E-state index contributed by atoms with van der Waals surface area (Å²) in [7, 11) is 0. The van der Waals surface area contributed by atoms with E-state index in [0.29, 0.717) is 0 Å². The maximum atomic E-state index is 12.6. The smallest absolute Gasteiger partial charge is 0.416 e. The predicted molar refractivity (Wildman–Crippen MR) is 58.3 cm³/mol. The van der Waals surface area contributed by atoms with Gasteiger partial charge in [-0.1, -0.05) is 16.8 Å². The third-order valence-electron chi connectivity index (χ3n) is 2.22. The lowest BCUT2D eigenvalue weighted by molar-refractivity contribution is -0.137. The van der Waals surface area contributed by atoms with Crippen LogP contribution >= 0.6 is 11.6 Å². The molecule has 0 aliphatic rings. The zero-order valence-electron chi connectivity index (χ0n) is 9.02. The number of rotatable bonds is 2. The topological polar surface area (TPSA) is 68.0 Å². The van der Waals surface area contributed by atoms with E-state index < -0.39 is 17.7 Å². The van der Waals surface area contributed by atoms with Gasteiger partial charge in [0.1, 0.15) is 0 Å². The largest absolute Gasteiger partial charge is 0.476 e. The van der Waals surface area contributed by atoms with Crippen molar-refractivity contribution in [1.29, 1.82) is 0 Å². The van der Waals surface area contributed by atoms with Gasteiger partial charge in [0.2, 0.25) is 0 Å². The Morgan fingerprint density at radius 1 is 1.32 bits per heavy atom. The summed E-state index contributed by atoms with van der Waals surface area (Å²) in [6.07, 6.45) is -3.67. The van der Waals surface area contributed by atoms with Crippen LogP contribution in [-0.2, 0) is 6.18 Å². The van der Waals surface area contributed by atoms with E-state index in [9.17, 15) is 18.0 Å². The van der Waals surface area contributed by atoms with Gasteiger partial charge in [-0.15, -0.1) is 5.10 Å². The summed E-state index contributed by atoms with van der Waals surface area (Å²) >= 11 is 5.60. The van der Waals surface area contributed by atoms with Gasteiger partial charge in [0.05, 0.1) is 17.4 Å². The van der Waals surface area contributed by atoms with Crippen LogP contribution in [0.5, 0.6) is 0 Å². The minimum Gasteiger partial charge on any atom is -0.476 e. The maximum absolute atomic E-state index is 12.6. The van der Waals surface area contributed by atoms with Gasteiger partial charge in [-0.25, -0.2) is 9.48 Å². The fraction of sp³-hybridized carbons (Fsp3) is 0.100. The number of benzene rings is 1. The molecule has 0 aliphatic carbocycles. The van der Waals surface area contributed by atoms with Crippen molar-refractivity contribution in [3.8, 4) is 5.69 Å². The molecule has 0 atom stereocenters. The van der Waals surface area contributed by atoms with Crippen LogP contribution < -0.4 is 0 Å². The third kappa shape index (κ3) is 2.68. The minimum atomic E-state index is -4.59. The molecule has 0 saturated carbocycles. The van der Waals surface area contributed by atoms with Gasteiger partial charge in [0.15, 0.2) is 5.69 Å². The third-order valence-corrected chi connectivity index (χ3v) is 2.44. The number of nitrogens with zero attached hydrogens (tertiary/aromatic N) is 3. The van der Waals surface area contributed by atoms with Crippen molar-refractivity contribution in [2.75, 3.05) is 0 Å². The maximum Gasteiger partial charge on any atom is 0.416 e. The molecule has 0 bridgehead atoms. The average molecular weight is 292 g/mol. The molecule has 100 valence electrons.